The molecule has 1 aromatic heterocycles. The van der Waals surface area contributed by atoms with Crippen molar-refractivity contribution in [3.63, 3.8) is 0 Å². The number of pyridine rings is 1. The van der Waals surface area contributed by atoms with E-state index in [9.17, 15) is 0 Å². The lowest BCUT2D eigenvalue weighted by molar-refractivity contribution is 0.395. The Morgan fingerprint density at radius 3 is 2.63 bits per heavy atom. The summed E-state index contributed by atoms with van der Waals surface area (Å²) in [7, 11) is 3.17. The van der Waals surface area contributed by atoms with E-state index in [1.54, 1.807) is 32.5 Å². The van der Waals surface area contributed by atoms with Gasteiger partial charge in [-0.3, -0.25) is 0 Å². The van der Waals surface area contributed by atoms with E-state index in [0.29, 0.717) is 17.1 Å². The molecular formula is C14H11ClN2O2. The van der Waals surface area contributed by atoms with Crippen LogP contribution >= 0.6 is 11.6 Å². The zero-order valence-corrected chi connectivity index (χ0v) is 11.2. The lowest BCUT2D eigenvalue weighted by atomic mass is 10.0. The van der Waals surface area contributed by atoms with Crippen LogP contribution in [-0.4, -0.2) is 19.2 Å². The number of ether oxygens (including phenoxy) is 2. The molecule has 0 saturated heterocycles. The van der Waals surface area contributed by atoms with Crippen LogP contribution in [0.5, 0.6) is 11.5 Å². The third-order valence-corrected chi connectivity index (χ3v) is 2.98. The highest BCUT2D eigenvalue weighted by Crippen LogP contribution is 2.33. The molecule has 0 fully saturated rings. The molecule has 2 aromatic rings. The van der Waals surface area contributed by atoms with Crippen molar-refractivity contribution in [3.8, 4) is 28.7 Å². The van der Waals surface area contributed by atoms with Gasteiger partial charge in [0.05, 0.1) is 19.8 Å². The van der Waals surface area contributed by atoms with Gasteiger partial charge in [-0.15, -0.1) is 0 Å². The average molecular weight is 275 g/mol. The smallest absolute Gasteiger partial charge is 0.146 e. The Morgan fingerprint density at radius 1 is 1.21 bits per heavy atom. The fourth-order valence-corrected chi connectivity index (χ4v) is 1.86. The Hall–Kier alpha value is -2.25. The van der Waals surface area contributed by atoms with Gasteiger partial charge < -0.3 is 9.47 Å². The van der Waals surface area contributed by atoms with E-state index < -0.39 is 0 Å². The Labute approximate surface area is 116 Å². The summed E-state index contributed by atoms with van der Waals surface area (Å²) < 4.78 is 10.5. The number of rotatable bonds is 3. The van der Waals surface area contributed by atoms with Crippen LogP contribution < -0.4 is 9.47 Å². The molecule has 0 aliphatic carbocycles. The van der Waals surface area contributed by atoms with Gasteiger partial charge in [0.2, 0.25) is 0 Å². The first kappa shape index (κ1) is 13.2. The standard InChI is InChI=1S/C14H11ClN2O2/c1-18-11-3-4-12(13(6-11)19-2)10-5-9(7-16)14(15)17-8-10/h3-6,8H,1-2H3. The summed E-state index contributed by atoms with van der Waals surface area (Å²) in [5.41, 5.74) is 1.92. The maximum Gasteiger partial charge on any atom is 0.146 e. The molecule has 0 spiro atoms. The number of aromatic nitrogens is 1. The van der Waals surface area contributed by atoms with Crippen molar-refractivity contribution in [1.29, 1.82) is 5.26 Å². The lowest BCUT2D eigenvalue weighted by Crippen LogP contribution is -1.92. The van der Waals surface area contributed by atoms with Crippen LogP contribution in [0.2, 0.25) is 5.15 Å². The van der Waals surface area contributed by atoms with Crippen LogP contribution in [0.3, 0.4) is 0 Å². The first-order valence-corrected chi connectivity index (χ1v) is 5.85. The first-order valence-electron chi connectivity index (χ1n) is 5.47. The molecular weight excluding hydrogens is 264 g/mol. The molecule has 0 atom stereocenters. The molecule has 0 bridgehead atoms. The van der Waals surface area contributed by atoms with E-state index in [0.717, 1.165) is 11.1 Å². The molecule has 1 heterocycles. The Morgan fingerprint density at radius 2 is 2.00 bits per heavy atom. The molecule has 96 valence electrons. The highest BCUT2D eigenvalue weighted by molar-refractivity contribution is 6.30. The topological polar surface area (TPSA) is 55.1 Å². The summed E-state index contributed by atoms with van der Waals surface area (Å²) in [6.07, 6.45) is 1.60. The average Bonchev–Trinajstić information content (AvgIpc) is 2.47. The Bertz CT molecular complexity index is 650. The first-order chi connectivity index (χ1) is 9.19. The number of benzene rings is 1. The third-order valence-electron chi connectivity index (χ3n) is 2.68. The monoisotopic (exact) mass is 274 g/mol. The summed E-state index contributed by atoms with van der Waals surface area (Å²) in [5.74, 6) is 1.34. The molecule has 0 N–H and O–H groups in total. The molecule has 1 aromatic carbocycles. The van der Waals surface area contributed by atoms with Gasteiger partial charge in [-0.2, -0.15) is 5.26 Å². The van der Waals surface area contributed by atoms with Gasteiger partial charge in [-0.05, 0) is 18.2 Å². The minimum Gasteiger partial charge on any atom is -0.497 e. The molecule has 0 aliphatic heterocycles. The molecule has 5 heteroatoms. The number of hydrogen-bond acceptors (Lipinski definition) is 4. The minimum absolute atomic E-state index is 0.193. The maximum atomic E-state index is 8.97. The second-order valence-corrected chi connectivity index (χ2v) is 4.10. The van der Waals surface area contributed by atoms with Gasteiger partial charge in [0.15, 0.2) is 0 Å². The minimum atomic E-state index is 0.193. The highest BCUT2D eigenvalue weighted by atomic mass is 35.5. The van der Waals surface area contributed by atoms with E-state index in [-0.39, 0.29) is 5.15 Å². The van der Waals surface area contributed by atoms with Crippen molar-refractivity contribution < 1.29 is 9.47 Å². The SMILES string of the molecule is COc1ccc(-c2cnc(Cl)c(C#N)c2)c(OC)c1. The van der Waals surface area contributed by atoms with Gasteiger partial charge >= 0.3 is 0 Å². The third kappa shape index (κ3) is 2.61. The molecule has 0 radical (unpaired) electrons. The van der Waals surface area contributed by atoms with Crippen LogP contribution in [0, 0.1) is 11.3 Å². The molecule has 0 amide bonds. The summed E-state index contributed by atoms with van der Waals surface area (Å²) >= 11 is 5.82. The molecule has 0 unspecified atom stereocenters. The number of hydrogen-bond donors (Lipinski definition) is 0. The van der Waals surface area contributed by atoms with Gasteiger partial charge in [0, 0.05) is 23.4 Å². The van der Waals surface area contributed by atoms with Crippen molar-refractivity contribution in [3.05, 3.63) is 41.2 Å². The van der Waals surface area contributed by atoms with E-state index in [4.69, 9.17) is 26.3 Å². The largest absolute Gasteiger partial charge is 0.497 e. The van der Waals surface area contributed by atoms with Crippen LogP contribution in [0.25, 0.3) is 11.1 Å². The molecule has 0 saturated carbocycles. The van der Waals surface area contributed by atoms with Gasteiger partial charge in [-0.1, -0.05) is 11.6 Å². The van der Waals surface area contributed by atoms with E-state index in [2.05, 4.69) is 4.98 Å². The molecule has 0 aliphatic rings. The summed E-state index contributed by atoms with van der Waals surface area (Å²) in [5, 5.41) is 9.17. The van der Waals surface area contributed by atoms with Crippen molar-refractivity contribution >= 4 is 11.6 Å². The molecule has 4 nitrogen and oxygen atoms in total. The maximum absolute atomic E-state index is 8.97. The van der Waals surface area contributed by atoms with Crippen molar-refractivity contribution in [2.45, 2.75) is 0 Å². The van der Waals surface area contributed by atoms with Gasteiger partial charge in [-0.25, -0.2) is 4.98 Å². The number of nitriles is 1. The zero-order valence-electron chi connectivity index (χ0n) is 10.5. The number of methoxy groups -OCH3 is 2. The van der Waals surface area contributed by atoms with Crippen LogP contribution in [0.4, 0.5) is 0 Å². The fourth-order valence-electron chi connectivity index (χ4n) is 1.71. The predicted octanol–water partition coefficient (Wildman–Crippen LogP) is 3.29. The van der Waals surface area contributed by atoms with E-state index in [1.165, 1.54) is 0 Å². The fraction of sp³-hybridized carbons (Fsp3) is 0.143. The van der Waals surface area contributed by atoms with Gasteiger partial charge in [0.1, 0.15) is 22.7 Å². The quantitative estimate of drug-likeness (QED) is 0.806. The van der Waals surface area contributed by atoms with Crippen molar-refractivity contribution in [1.82, 2.24) is 4.98 Å². The van der Waals surface area contributed by atoms with Crippen LogP contribution in [0.1, 0.15) is 5.56 Å². The lowest BCUT2D eigenvalue weighted by Gasteiger charge is -2.10. The number of halogens is 1. The predicted molar refractivity (Wildman–Crippen MR) is 72.5 cm³/mol. The van der Waals surface area contributed by atoms with Gasteiger partial charge in [0.25, 0.3) is 0 Å². The Kier molecular flexibility index (Phi) is 3.88. The Balaban J connectivity index is 2.56. The van der Waals surface area contributed by atoms with Crippen molar-refractivity contribution in [2.24, 2.45) is 0 Å². The highest BCUT2D eigenvalue weighted by Gasteiger charge is 2.10. The summed E-state index contributed by atoms with van der Waals surface area (Å²) in [4.78, 5) is 4.00. The summed E-state index contributed by atoms with van der Waals surface area (Å²) in [6.45, 7) is 0. The number of nitrogens with zero attached hydrogens (tertiary/aromatic N) is 2. The normalized spacial score (nSPS) is 9.79. The van der Waals surface area contributed by atoms with Crippen LogP contribution in [0.15, 0.2) is 30.5 Å². The van der Waals surface area contributed by atoms with Crippen molar-refractivity contribution in [2.75, 3.05) is 14.2 Å². The molecule has 19 heavy (non-hydrogen) atoms. The zero-order chi connectivity index (χ0) is 13.8. The van der Waals surface area contributed by atoms with E-state index >= 15 is 0 Å². The second-order valence-electron chi connectivity index (χ2n) is 3.74. The van der Waals surface area contributed by atoms with Crippen LogP contribution in [-0.2, 0) is 0 Å². The second kappa shape index (κ2) is 5.59. The summed E-state index contributed by atoms with van der Waals surface area (Å²) in [6, 6.07) is 9.13. The van der Waals surface area contributed by atoms with E-state index in [1.807, 2.05) is 18.2 Å². The molecule has 2 rings (SSSR count).